The van der Waals surface area contributed by atoms with E-state index in [1.807, 2.05) is 48.5 Å². The van der Waals surface area contributed by atoms with Gasteiger partial charge in [0, 0.05) is 40.6 Å². The zero-order valence-corrected chi connectivity index (χ0v) is 17.6. The van der Waals surface area contributed by atoms with Crippen molar-refractivity contribution in [3.63, 3.8) is 0 Å². The Balaban J connectivity index is 1.37. The largest absolute Gasteiger partial charge is 0.489 e. The fourth-order valence-corrected chi connectivity index (χ4v) is 3.80. The van der Waals surface area contributed by atoms with E-state index in [1.165, 1.54) is 24.9 Å². The molecule has 1 aliphatic rings. The highest BCUT2D eigenvalue weighted by molar-refractivity contribution is 6.31. The smallest absolute Gasteiger partial charge is 0.255 e. The summed E-state index contributed by atoms with van der Waals surface area (Å²) in [6, 6.07) is 22.8. The highest BCUT2D eigenvalue weighted by Crippen LogP contribution is 2.23. The Morgan fingerprint density at radius 1 is 0.933 bits per heavy atom. The summed E-state index contributed by atoms with van der Waals surface area (Å²) in [5.74, 6) is 0.465. The average molecular weight is 421 g/mol. The van der Waals surface area contributed by atoms with Crippen LogP contribution in [0, 0.1) is 0 Å². The SMILES string of the molecule is O=C(Nc1ccc(N2CCCCC2)cc1)c1cccc(OCc2ccccc2Cl)c1. The van der Waals surface area contributed by atoms with Crippen molar-refractivity contribution in [2.75, 3.05) is 23.3 Å². The van der Waals surface area contributed by atoms with Gasteiger partial charge in [0.05, 0.1) is 0 Å². The molecule has 1 heterocycles. The van der Waals surface area contributed by atoms with Crippen LogP contribution in [0.3, 0.4) is 0 Å². The van der Waals surface area contributed by atoms with Gasteiger partial charge in [0.15, 0.2) is 0 Å². The molecule has 0 radical (unpaired) electrons. The van der Waals surface area contributed by atoms with Gasteiger partial charge in [0.1, 0.15) is 12.4 Å². The number of ether oxygens (including phenoxy) is 1. The Bertz CT molecular complexity index is 998. The van der Waals surface area contributed by atoms with E-state index < -0.39 is 0 Å². The van der Waals surface area contributed by atoms with E-state index in [0.29, 0.717) is 22.9 Å². The number of hydrogen-bond acceptors (Lipinski definition) is 3. The third-order valence-corrected chi connectivity index (χ3v) is 5.66. The number of anilines is 2. The first-order valence-corrected chi connectivity index (χ1v) is 10.7. The number of benzene rings is 3. The molecule has 1 amide bonds. The molecule has 1 N–H and O–H groups in total. The topological polar surface area (TPSA) is 41.6 Å². The Labute approximate surface area is 182 Å². The summed E-state index contributed by atoms with van der Waals surface area (Å²) >= 11 is 6.18. The molecule has 1 fully saturated rings. The number of carbonyl (C=O) groups excluding carboxylic acids is 1. The van der Waals surface area contributed by atoms with Crippen molar-refractivity contribution in [2.45, 2.75) is 25.9 Å². The molecule has 0 spiro atoms. The van der Waals surface area contributed by atoms with Gasteiger partial charge in [-0.15, -0.1) is 0 Å². The first-order valence-electron chi connectivity index (χ1n) is 10.3. The Morgan fingerprint density at radius 2 is 1.70 bits per heavy atom. The molecule has 3 aromatic rings. The van der Waals surface area contributed by atoms with Gasteiger partial charge in [-0.2, -0.15) is 0 Å². The van der Waals surface area contributed by atoms with Crippen LogP contribution in [0.25, 0.3) is 0 Å². The standard InChI is InChI=1S/C25H25ClN2O2/c26-24-10-3-2-7-20(24)18-30-23-9-6-8-19(17-23)25(29)27-21-11-13-22(14-12-21)28-15-4-1-5-16-28/h2-3,6-14,17H,1,4-5,15-16,18H2,(H,27,29). The number of rotatable bonds is 6. The minimum absolute atomic E-state index is 0.163. The zero-order valence-electron chi connectivity index (χ0n) is 16.8. The van der Waals surface area contributed by atoms with Crippen LogP contribution in [0.5, 0.6) is 5.75 Å². The number of amides is 1. The summed E-state index contributed by atoms with van der Waals surface area (Å²) in [5, 5.41) is 3.63. The van der Waals surface area contributed by atoms with E-state index in [4.69, 9.17) is 16.3 Å². The lowest BCUT2D eigenvalue weighted by atomic mass is 10.1. The van der Waals surface area contributed by atoms with Gasteiger partial charge in [0.2, 0.25) is 0 Å². The van der Waals surface area contributed by atoms with E-state index in [0.717, 1.165) is 24.3 Å². The van der Waals surface area contributed by atoms with Gasteiger partial charge in [0.25, 0.3) is 5.91 Å². The first-order chi connectivity index (χ1) is 14.7. The Hall–Kier alpha value is -2.98. The van der Waals surface area contributed by atoms with Crippen LogP contribution in [0.4, 0.5) is 11.4 Å². The van der Waals surface area contributed by atoms with Crippen molar-refractivity contribution in [1.29, 1.82) is 0 Å². The highest BCUT2D eigenvalue weighted by Gasteiger charge is 2.12. The number of nitrogens with zero attached hydrogens (tertiary/aromatic N) is 1. The molecule has 4 rings (SSSR count). The molecule has 3 aromatic carbocycles. The molecule has 30 heavy (non-hydrogen) atoms. The summed E-state index contributed by atoms with van der Waals surface area (Å²) in [7, 11) is 0. The second kappa shape index (κ2) is 9.68. The van der Waals surface area contributed by atoms with Crippen molar-refractivity contribution >= 4 is 28.9 Å². The van der Waals surface area contributed by atoms with E-state index in [2.05, 4.69) is 22.3 Å². The molecule has 0 bridgehead atoms. The van der Waals surface area contributed by atoms with Gasteiger partial charge in [-0.05, 0) is 67.8 Å². The second-order valence-corrected chi connectivity index (χ2v) is 7.86. The lowest BCUT2D eigenvalue weighted by Crippen LogP contribution is -2.29. The molecular formula is C25H25ClN2O2. The zero-order chi connectivity index (χ0) is 20.8. The van der Waals surface area contributed by atoms with Gasteiger partial charge in [-0.3, -0.25) is 4.79 Å². The van der Waals surface area contributed by atoms with Crippen LogP contribution in [0.15, 0.2) is 72.8 Å². The van der Waals surface area contributed by atoms with Gasteiger partial charge in [-0.25, -0.2) is 0 Å². The minimum atomic E-state index is -0.163. The molecule has 5 heteroatoms. The number of halogens is 1. The molecular weight excluding hydrogens is 396 g/mol. The van der Waals surface area contributed by atoms with Crippen LogP contribution in [0.1, 0.15) is 35.2 Å². The van der Waals surface area contributed by atoms with Crippen LogP contribution in [0.2, 0.25) is 5.02 Å². The molecule has 0 aromatic heterocycles. The van der Waals surface area contributed by atoms with Crippen molar-refractivity contribution in [3.05, 3.63) is 88.9 Å². The van der Waals surface area contributed by atoms with Crippen LogP contribution < -0.4 is 15.0 Å². The molecule has 0 aliphatic carbocycles. The third kappa shape index (κ3) is 5.14. The summed E-state index contributed by atoms with van der Waals surface area (Å²) < 4.78 is 5.83. The maximum atomic E-state index is 12.7. The lowest BCUT2D eigenvalue weighted by Gasteiger charge is -2.28. The first kappa shape index (κ1) is 20.3. The van der Waals surface area contributed by atoms with Gasteiger partial charge in [-0.1, -0.05) is 35.9 Å². The quantitative estimate of drug-likeness (QED) is 0.519. The lowest BCUT2D eigenvalue weighted by molar-refractivity contribution is 0.102. The van der Waals surface area contributed by atoms with Crippen molar-refractivity contribution in [3.8, 4) is 5.75 Å². The van der Waals surface area contributed by atoms with E-state index in [1.54, 1.807) is 12.1 Å². The molecule has 1 aliphatic heterocycles. The number of nitrogens with one attached hydrogen (secondary N) is 1. The third-order valence-electron chi connectivity index (χ3n) is 5.29. The summed E-state index contributed by atoms with van der Waals surface area (Å²) in [6.07, 6.45) is 3.80. The predicted octanol–water partition coefficient (Wildman–Crippen LogP) is 6.16. The fraction of sp³-hybridized carbons (Fsp3) is 0.240. The average Bonchev–Trinajstić information content (AvgIpc) is 2.80. The van der Waals surface area contributed by atoms with E-state index >= 15 is 0 Å². The Kier molecular flexibility index (Phi) is 6.55. The molecule has 0 unspecified atom stereocenters. The van der Waals surface area contributed by atoms with Gasteiger partial charge < -0.3 is 15.0 Å². The fourth-order valence-electron chi connectivity index (χ4n) is 3.61. The van der Waals surface area contributed by atoms with Crippen molar-refractivity contribution in [2.24, 2.45) is 0 Å². The summed E-state index contributed by atoms with van der Waals surface area (Å²) in [5.41, 5.74) is 3.44. The highest BCUT2D eigenvalue weighted by atomic mass is 35.5. The summed E-state index contributed by atoms with van der Waals surface area (Å²) in [4.78, 5) is 15.1. The molecule has 154 valence electrons. The number of piperidine rings is 1. The monoisotopic (exact) mass is 420 g/mol. The molecule has 0 saturated carbocycles. The van der Waals surface area contributed by atoms with Crippen molar-refractivity contribution in [1.82, 2.24) is 0 Å². The molecule has 4 nitrogen and oxygen atoms in total. The minimum Gasteiger partial charge on any atom is -0.489 e. The summed E-state index contributed by atoms with van der Waals surface area (Å²) in [6.45, 7) is 2.56. The second-order valence-electron chi connectivity index (χ2n) is 7.46. The normalized spacial score (nSPS) is 13.7. The maximum absolute atomic E-state index is 12.7. The number of carbonyl (C=O) groups is 1. The van der Waals surface area contributed by atoms with E-state index in [-0.39, 0.29) is 5.91 Å². The van der Waals surface area contributed by atoms with Crippen LogP contribution in [-0.4, -0.2) is 19.0 Å². The van der Waals surface area contributed by atoms with E-state index in [9.17, 15) is 4.79 Å². The van der Waals surface area contributed by atoms with Crippen LogP contribution in [-0.2, 0) is 6.61 Å². The Morgan fingerprint density at radius 3 is 2.47 bits per heavy atom. The molecule has 0 atom stereocenters. The maximum Gasteiger partial charge on any atom is 0.255 e. The van der Waals surface area contributed by atoms with Crippen LogP contribution >= 0.6 is 11.6 Å². The van der Waals surface area contributed by atoms with Gasteiger partial charge >= 0.3 is 0 Å². The predicted molar refractivity (Wildman–Crippen MR) is 123 cm³/mol. The molecule has 1 saturated heterocycles. The van der Waals surface area contributed by atoms with Crippen molar-refractivity contribution < 1.29 is 9.53 Å². The number of hydrogen-bond donors (Lipinski definition) is 1.